The summed E-state index contributed by atoms with van der Waals surface area (Å²) >= 11 is 0. The van der Waals surface area contributed by atoms with Gasteiger partial charge in [-0.3, -0.25) is 4.98 Å². The van der Waals surface area contributed by atoms with E-state index in [2.05, 4.69) is 17.1 Å². The van der Waals surface area contributed by atoms with Crippen LogP contribution in [0.1, 0.15) is 5.56 Å². The van der Waals surface area contributed by atoms with E-state index < -0.39 is 0 Å². The van der Waals surface area contributed by atoms with Crippen molar-refractivity contribution < 1.29 is 4.74 Å². The lowest BCUT2D eigenvalue weighted by Crippen LogP contribution is -1.89. The third kappa shape index (κ3) is 2.42. The van der Waals surface area contributed by atoms with Crippen LogP contribution in [0.4, 0.5) is 0 Å². The summed E-state index contributed by atoms with van der Waals surface area (Å²) in [4.78, 5) is 4.39. The molecule has 0 N–H and O–H groups in total. The Morgan fingerprint density at radius 2 is 1.87 bits per heavy atom. The Morgan fingerprint density at radius 1 is 1.07 bits per heavy atom. The smallest absolute Gasteiger partial charge is 0.0728 e. The molecule has 0 aliphatic heterocycles. The number of benzene rings is 1. The zero-order valence-corrected chi connectivity index (χ0v) is 8.68. The highest BCUT2D eigenvalue weighted by molar-refractivity contribution is 5.58. The minimum atomic E-state index is 0.613. The van der Waals surface area contributed by atoms with Crippen LogP contribution in [0.15, 0.2) is 48.7 Å². The Hall–Kier alpha value is -1.67. The van der Waals surface area contributed by atoms with E-state index in [1.54, 1.807) is 7.11 Å². The number of nitrogens with zero attached hydrogens (tertiary/aromatic N) is 1. The molecule has 0 unspecified atom stereocenters. The molecular weight excluding hydrogens is 186 g/mol. The van der Waals surface area contributed by atoms with Gasteiger partial charge in [-0.2, -0.15) is 0 Å². The van der Waals surface area contributed by atoms with Gasteiger partial charge in [0.2, 0.25) is 0 Å². The van der Waals surface area contributed by atoms with Crippen LogP contribution < -0.4 is 0 Å². The van der Waals surface area contributed by atoms with Crippen LogP contribution >= 0.6 is 0 Å². The van der Waals surface area contributed by atoms with Crippen molar-refractivity contribution in [2.45, 2.75) is 6.61 Å². The number of aromatic nitrogens is 1. The van der Waals surface area contributed by atoms with Crippen molar-refractivity contribution in [1.82, 2.24) is 4.98 Å². The largest absolute Gasteiger partial charge is 0.380 e. The Balaban J connectivity index is 2.24. The summed E-state index contributed by atoms with van der Waals surface area (Å²) < 4.78 is 5.03. The molecule has 0 amide bonds. The molecule has 0 saturated carbocycles. The molecule has 1 heterocycles. The highest BCUT2D eigenvalue weighted by Crippen LogP contribution is 2.16. The van der Waals surface area contributed by atoms with Gasteiger partial charge in [-0.1, -0.05) is 36.4 Å². The minimum Gasteiger partial charge on any atom is -0.380 e. The number of pyridine rings is 1. The molecular formula is C13H13NO. The van der Waals surface area contributed by atoms with Crippen molar-refractivity contribution in [2.24, 2.45) is 0 Å². The fraction of sp³-hybridized carbons (Fsp3) is 0.154. The van der Waals surface area contributed by atoms with E-state index in [-0.39, 0.29) is 0 Å². The van der Waals surface area contributed by atoms with Crippen LogP contribution in [0.3, 0.4) is 0 Å². The van der Waals surface area contributed by atoms with E-state index >= 15 is 0 Å². The summed E-state index contributed by atoms with van der Waals surface area (Å²) in [5.74, 6) is 0. The molecule has 15 heavy (non-hydrogen) atoms. The first-order valence-corrected chi connectivity index (χ1v) is 4.89. The molecule has 0 aliphatic carbocycles. The van der Waals surface area contributed by atoms with Crippen LogP contribution in [0.25, 0.3) is 11.3 Å². The highest BCUT2D eigenvalue weighted by atomic mass is 16.5. The Labute approximate surface area is 89.6 Å². The number of hydrogen-bond donors (Lipinski definition) is 0. The first kappa shape index (κ1) is 9.87. The maximum absolute atomic E-state index is 5.03. The first-order valence-electron chi connectivity index (χ1n) is 4.89. The Morgan fingerprint density at radius 3 is 2.47 bits per heavy atom. The quantitative estimate of drug-likeness (QED) is 0.758. The maximum atomic E-state index is 5.03. The van der Waals surface area contributed by atoms with Gasteiger partial charge in [-0.15, -0.1) is 0 Å². The van der Waals surface area contributed by atoms with E-state index in [0.29, 0.717) is 6.61 Å². The van der Waals surface area contributed by atoms with E-state index in [1.165, 1.54) is 0 Å². The normalized spacial score (nSPS) is 10.2. The monoisotopic (exact) mass is 199 g/mol. The summed E-state index contributed by atoms with van der Waals surface area (Å²) in [6.45, 7) is 0.613. The number of methoxy groups -OCH3 is 1. The molecule has 1 aromatic carbocycles. The Bertz CT molecular complexity index is 408. The van der Waals surface area contributed by atoms with Gasteiger partial charge < -0.3 is 4.74 Å². The zero-order chi connectivity index (χ0) is 10.5. The molecule has 0 radical (unpaired) electrons. The molecule has 0 saturated heterocycles. The van der Waals surface area contributed by atoms with Gasteiger partial charge in [0, 0.05) is 18.9 Å². The van der Waals surface area contributed by atoms with Crippen LogP contribution in [0.2, 0.25) is 0 Å². The highest BCUT2D eigenvalue weighted by Gasteiger charge is 1.98. The molecule has 2 heteroatoms. The third-order valence-electron chi connectivity index (χ3n) is 2.21. The number of rotatable bonds is 3. The van der Waals surface area contributed by atoms with E-state index in [0.717, 1.165) is 16.8 Å². The summed E-state index contributed by atoms with van der Waals surface area (Å²) in [6, 6.07) is 14.2. The molecule has 0 fully saturated rings. The van der Waals surface area contributed by atoms with Gasteiger partial charge in [0.25, 0.3) is 0 Å². The van der Waals surface area contributed by atoms with Crippen LogP contribution in [0.5, 0.6) is 0 Å². The van der Waals surface area contributed by atoms with Crippen LogP contribution in [-0.2, 0) is 11.3 Å². The molecule has 76 valence electrons. The van der Waals surface area contributed by atoms with Crippen LogP contribution in [-0.4, -0.2) is 12.1 Å². The molecule has 2 rings (SSSR count). The van der Waals surface area contributed by atoms with E-state index in [4.69, 9.17) is 4.74 Å². The van der Waals surface area contributed by atoms with Crippen LogP contribution in [0, 0.1) is 0 Å². The molecule has 0 spiro atoms. The SMILES string of the molecule is COCc1ccc(-c2ccccc2)nc1. The van der Waals surface area contributed by atoms with Gasteiger partial charge in [-0.05, 0) is 11.6 Å². The number of ether oxygens (including phenoxy) is 1. The molecule has 0 aliphatic rings. The van der Waals surface area contributed by atoms with E-state index in [9.17, 15) is 0 Å². The van der Waals surface area contributed by atoms with Gasteiger partial charge in [0.05, 0.1) is 12.3 Å². The first-order chi connectivity index (χ1) is 7.40. The summed E-state index contributed by atoms with van der Waals surface area (Å²) in [6.07, 6.45) is 1.85. The summed E-state index contributed by atoms with van der Waals surface area (Å²) in [7, 11) is 1.69. The fourth-order valence-corrected chi connectivity index (χ4v) is 1.46. The van der Waals surface area contributed by atoms with Gasteiger partial charge in [0.1, 0.15) is 0 Å². The predicted molar refractivity (Wildman–Crippen MR) is 60.4 cm³/mol. The second-order valence-electron chi connectivity index (χ2n) is 3.35. The topological polar surface area (TPSA) is 22.1 Å². The second-order valence-corrected chi connectivity index (χ2v) is 3.35. The van der Waals surface area contributed by atoms with Crippen molar-refractivity contribution in [2.75, 3.05) is 7.11 Å². The summed E-state index contributed by atoms with van der Waals surface area (Å²) in [5.41, 5.74) is 3.23. The van der Waals surface area contributed by atoms with Crippen molar-refractivity contribution in [3.63, 3.8) is 0 Å². The number of hydrogen-bond acceptors (Lipinski definition) is 2. The molecule has 2 nitrogen and oxygen atoms in total. The zero-order valence-electron chi connectivity index (χ0n) is 8.68. The van der Waals surface area contributed by atoms with Gasteiger partial charge in [0.15, 0.2) is 0 Å². The lowest BCUT2D eigenvalue weighted by atomic mass is 10.1. The average molecular weight is 199 g/mol. The second kappa shape index (κ2) is 4.71. The lowest BCUT2D eigenvalue weighted by Gasteiger charge is -2.02. The third-order valence-corrected chi connectivity index (χ3v) is 2.21. The standard InChI is InChI=1S/C13H13NO/c1-15-10-11-7-8-13(14-9-11)12-5-3-2-4-6-12/h2-9H,10H2,1H3. The van der Waals surface area contributed by atoms with Crippen molar-refractivity contribution in [3.05, 3.63) is 54.2 Å². The minimum absolute atomic E-state index is 0.613. The lowest BCUT2D eigenvalue weighted by molar-refractivity contribution is 0.184. The molecule has 0 atom stereocenters. The van der Waals surface area contributed by atoms with Crippen molar-refractivity contribution >= 4 is 0 Å². The maximum Gasteiger partial charge on any atom is 0.0728 e. The van der Waals surface area contributed by atoms with Gasteiger partial charge in [-0.25, -0.2) is 0 Å². The molecule has 2 aromatic rings. The predicted octanol–water partition coefficient (Wildman–Crippen LogP) is 2.90. The van der Waals surface area contributed by atoms with E-state index in [1.807, 2.05) is 36.5 Å². The molecule has 1 aromatic heterocycles. The Kier molecular flexibility index (Phi) is 3.10. The average Bonchev–Trinajstić information content (AvgIpc) is 2.32. The molecule has 0 bridgehead atoms. The van der Waals surface area contributed by atoms with Crippen molar-refractivity contribution in [1.29, 1.82) is 0 Å². The van der Waals surface area contributed by atoms with Crippen molar-refractivity contribution in [3.8, 4) is 11.3 Å². The fourth-order valence-electron chi connectivity index (χ4n) is 1.46. The summed E-state index contributed by atoms with van der Waals surface area (Å²) in [5, 5.41) is 0. The van der Waals surface area contributed by atoms with Gasteiger partial charge >= 0.3 is 0 Å².